The van der Waals surface area contributed by atoms with E-state index in [1.54, 1.807) is 11.2 Å². The molecule has 1 fully saturated rings. The Kier molecular flexibility index (Phi) is 12.4. The number of benzene rings is 1. The number of aromatic nitrogens is 2. The van der Waals surface area contributed by atoms with Crippen molar-refractivity contribution in [2.24, 2.45) is 17.7 Å². The van der Waals surface area contributed by atoms with Crippen molar-refractivity contribution >= 4 is 23.2 Å². The van der Waals surface area contributed by atoms with E-state index >= 15 is 0 Å². The van der Waals surface area contributed by atoms with E-state index in [4.69, 9.17) is 5.84 Å². The number of hydrogen-bond donors (Lipinski definition) is 2. The molecule has 0 aliphatic carbocycles. The Labute approximate surface area is 242 Å². The molecule has 2 heterocycles. The minimum atomic E-state index is -0.0921. The number of amides is 1. The van der Waals surface area contributed by atoms with Crippen LogP contribution in [0.3, 0.4) is 0 Å². The molecular weight excluding hydrogens is 498 g/mol. The largest absolute Gasteiger partial charge is 0.354 e. The number of anilines is 3. The highest BCUT2D eigenvalue weighted by Crippen LogP contribution is 2.27. The predicted molar refractivity (Wildman–Crippen MR) is 168 cm³/mol. The van der Waals surface area contributed by atoms with Gasteiger partial charge in [0.25, 0.3) is 5.91 Å². The lowest BCUT2D eigenvalue weighted by Crippen LogP contribution is -2.35. The molecule has 1 aromatic carbocycles. The summed E-state index contributed by atoms with van der Waals surface area (Å²) in [5, 5.41) is 4.85. The van der Waals surface area contributed by atoms with Crippen LogP contribution in [0.4, 0.5) is 17.3 Å². The summed E-state index contributed by atoms with van der Waals surface area (Å²) in [7, 11) is 0. The van der Waals surface area contributed by atoms with Crippen LogP contribution in [0.5, 0.6) is 0 Å². The maximum absolute atomic E-state index is 13.9. The summed E-state index contributed by atoms with van der Waals surface area (Å²) in [6, 6.07) is 7.99. The molecule has 1 amide bonds. The van der Waals surface area contributed by atoms with Crippen molar-refractivity contribution < 1.29 is 4.79 Å². The van der Waals surface area contributed by atoms with Gasteiger partial charge >= 0.3 is 0 Å². The van der Waals surface area contributed by atoms with Crippen molar-refractivity contribution in [3.8, 4) is 0 Å². The average Bonchev–Trinajstić information content (AvgIpc) is 2.97. The number of hydrazine groups is 1. The van der Waals surface area contributed by atoms with Gasteiger partial charge in [-0.05, 0) is 88.2 Å². The fourth-order valence-electron chi connectivity index (χ4n) is 5.00. The molecule has 3 N–H and O–H groups in total. The first kappa shape index (κ1) is 31.6. The lowest BCUT2D eigenvalue weighted by molar-refractivity contribution is 0.0984. The summed E-state index contributed by atoms with van der Waals surface area (Å²) in [4.78, 5) is 27.2. The molecule has 0 radical (unpaired) electrons. The molecule has 3 rings (SSSR count). The first-order valence-corrected chi connectivity index (χ1v) is 15.2. The molecule has 2 atom stereocenters. The first-order chi connectivity index (χ1) is 19.3. The zero-order chi connectivity index (χ0) is 29.1. The van der Waals surface area contributed by atoms with Gasteiger partial charge in [0.05, 0.1) is 16.9 Å². The number of hydrogen-bond acceptors (Lipinski definition) is 7. The van der Waals surface area contributed by atoms with E-state index in [1.807, 2.05) is 43.0 Å². The monoisotopic (exact) mass is 549 g/mol. The van der Waals surface area contributed by atoms with Gasteiger partial charge in [-0.15, -0.1) is 0 Å². The summed E-state index contributed by atoms with van der Waals surface area (Å²) < 4.78 is 0. The quantitative estimate of drug-likeness (QED) is 0.208. The zero-order valence-electron chi connectivity index (χ0n) is 25.6. The molecule has 0 saturated carbocycles. The first-order valence-electron chi connectivity index (χ1n) is 15.2. The third-order valence-corrected chi connectivity index (χ3v) is 8.18. The summed E-state index contributed by atoms with van der Waals surface area (Å²) >= 11 is 0. The molecule has 2 aromatic rings. The van der Waals surface area contributed by atoms with Crippen molar-refractivity contribution in [3.05, 3.63) is 53.5 Å². The highest BCUT2D eigenvalue weighted by Gasteiger charge is 2.23. The van der Waals surface area contributed by atoms with Gasteiger partial charge < -0.3 is 10.2 Å². The molecule has 8 heteroatoms. The van der Waals surface area contributed by atoms with Crippen LogP contribution in [0.15, 0.2) is 42.2 Å². The van der Waals surface area contributed by atoms with Crippen LogP contribution >= 0.6 is 0 Å². The Balaban J connectivity index is 1.90. The normalized spacial score (nSPS) is 15.9. The maximum atomic E-state index is 13.9. The van der Waals surface area contributed by atoms with E-state index in [1.165, 1.54) is 24.8 Å². The number of nitrogens with two attached hydrogens (primary N) is 1. The molecule has 1 aliphatic heterocycles. The Morgan fingerprint density at radius 2 is 1.85 bits per heavy atom. The van der Waals surface area contributed by atoms with Gasteiger partial charge in [0.1, 0.15) is 0 Å². The van der Waals surface area contributed by atoms with Crippen LogP contribution < -0.4 is 21.1 Å². The third kappa shape index (κ3) is 8.77. The SMILES string of the molecule is CCNc1ncc(C(=O)N(CCC(C)CC)c2cccc(N(N)/C=C(/CN3CCCCC3)C(C)CC)c2)c(C)n1. The molecule has 1 saturated heterocycles. The smallest absolute Gasteiger partial charge is 0.261 e. The predicted octanol–water partition coefficient (Wildman–Crippen LogP) is 6.40. The lowest BCUT2D eigenvalue weighted by atomic mass is 9.97. The van der Waals surface area contributed by atoms with E-state index in [-0.39, 0.29) is 5.91 Å². The number of likely N-dealkylation sites (tertiary alicyclic amines) is 1. The van der Waals surface area contributed by atoms with E-state index in [0.717, 1.165) is 56.8 Å². The van der Waals surface area contributed by atoms with Crippen LogP contribution in [-0.4, -0.2) is 53.5 Å². The van der Waals surface area contributed by atoms with Gasteiger partial charge in [-0.2, -0.15) is 0 Å². The van der Waals surface area contributed by atoms with Crippen molar-refractivity contribution in [2.75, 3.05) is 47.9 Å². The van der Waals surface area contributed by atoms with Crippen LogP contribution in [0.2, 0.25) is 0 Å². The zero-order valence-corrected chi connectivity index (χ0v) is 25.6. The van der Waals surface area contributed by atoms with E-state index in [2.05, 4.69) is 54.1 Å². The van der Waals surface area contributed by atoms with E-state index in [9.17, 15) is 4.79 Å². The molecule has 1 aliphatic rings. The summed E-state index contributed by atoms with van der Waals surface area (Å²) in [5.41, 5.74) is 4.21. The topological polar surface area (TPSA) is 90.6 Å². The summed E-state index contributed by atoms with van der Waals surface area (Å²) in [6.07, 6.45) is 10.6. The number of piperidine rings is 1. The fourth-order valence-corrected chi connectivity index (χ4v) is 5.00. The lowest BCUT2D eigenvalue weighted by Gasteiger charge is -2.30. The molecule has 220 valence electrons. The molecule has 40 heavy (non-hydrogen) atoms. The molecular formula is C32H51N7O. The number of carbonyl (C=O) groups excluding carboxylic acids is 1. The van der Waals surface area contributed by atoms with Crippen LogP contribution in [-0.2, 0) is 0 Å². The molecule has 1 aromatic heterocycles. The highest BCUT2D eigenvalue weighted by molar-refractivity contribution is 6.06. The van der Waals surface area contributed by atoms with Crippen molar-refractivity contribution in [3.63, 3.8) is 0 Å². The van der Waals surface area contributed by atoms with Crippen molar-refractivity contribution in [1.82, 2.24) is 14.9 Å². The number of aryl methyl sites for hydroxylation is 1. The van der Waals surface area contributed by atoms with Gasteiger partial charge in [-0.1, -0.05) is 46.6 Å². The molecule has 2 unspecified atom stereocenters. The number of nitrogens with zero attached hydrogens (tertiary/aromatic N) is 5. The van der Waals surface area contributed by atoms with Gasteiger partial charge in [-0.3, -0.25) is 14.7 Å². The number of rotatable bonds is 14. The van der Waals surface area contributed by atoms with E-state index in [0.29, 0.717) is 35.6 Å². The second-order valence-corrected chi connectivity index (χ2v) is 11.3. The fraction of sp³-hybridized carbons (Fsp3) is 0.594. The van der Waals surface area contributed by atoms with Crippen molar-refractivity contribution in [2.45, 2.75) is 80.1 Å². The second-order valence-electron chi connectivity index (χ2n) is 11.3. The minimum absolute atomic E-state index is 0.0921. The van der Waals surface area contributed by atoms with Crippen molar-refractivity contribution in [1.29, 1.82) is 0 Å². The second kappa shape index (κ2) is 15.7. The van der Waals surface area contributed by atoms with Gasteiger partial charge in [0.15, 0.2) is 0 Å². The Morgan fingerprint density at radius 3 is 2.50 bits per heavy atom. The minimum Gasteiger partial charge on any atom is -0.354 e. The maximum Gasteiger partial charge on any atom is 0.261 e. The van der Waals surface area contributed by atoms with E-state index < -0.39 is 0 Å². The number of nitrogens with one attached hydrogen (secondary N) is 1. The number of carbonyl (C=O) groups is 1. The van der Waals surface area contributed by atoms with Gasteiger partial charge in [0, 0.05) is 37.7 Å². The highest BCUT2D eigenvalue weighted by atomic mass is 16.2. The Morgan fingerprint density at radius 1 is 1.12 bits per heavy atom. The average molecular weight is 550 g/mol. The Hall–Kier alpha value is -2.97. The summed E-state index contributed by atoms with van der Waals surface area (Å²) in [6.45, 7) is 17.4. The third-order valence-electron chi connectivity index (χ3n) is 8.18. The van der Waals surface area contributed by atoms with Crippen LogP contribution in [0.25, 0.3) is 0 Å². The summed E-state index contributed by atoms with van der Waals surface area (Å²) in [5.74, 6) is 8.07. The van der Waals surface area contributed by atoms with Gasteiger partial charge in [-0.25, -0.2) is 15.8 Å². The molecule has 8 nitrogen and oxygen atoms in total. The Bertz CT molecular complexity index is 1110. The van der Waals surface area contributed by atoms with Gasteiger partial charge in [0.2, 0.25) is 5.95 Å². The van der Waals surface area contributed by atoms with Crippen LogP contribution in [0, 0.1) is 18.8 Å². The molecule has 0 spiro atoms. The molecule has 0 bridgehead atoms. The van der Waals surface area contributed by atoms with Crippen LogP contribution in [0.1, 0.15) is 89.2 Å². The standard InChI is InChI=1S/C32H51N7O/c1-7-24(4)16-19-38(31(40)30-21-35-32(34-9-3)36-26(30)6)28-14-13-15-29(20-28)39(33)23-27(25(5)8-2)22-37-17-11-10-12-18-37/h13-15,20-21,23-25H,7-12,16-19,22,33H2,1-6H3,(H,34,35,36)/b27-23-.